The van der Waals surface area contributed by atoms with Gasteiger partial charge in [0.15, 0.2) is 0 Å². The van der Waals surface area contributed by atoms with E-state index in [0.717, 1.165) is 24.3 Å². The van der Waals surface area contributed by atoms with Crippen molar-refractivity contribution in [3.05, 3.63) is 54.4 Å². The first-order valence-electron chi connectivity index (χ1n) is 7.20. The number of benzene rings is 1. The van der Waals surface area contributed by atoms with Crippen molar-refractivity contribution in [2.45, 2.75) is 26.3 Å². The molecule has 1 atom stereocenters. The zero-order valence-electron chi connectivity index (χ0n) is 12.5. The molecule has 0 spiro atoms. The molecule has 0 fully saturated rings. The minimum atomic E-state index is 0.297. The van der Waals surface area contributed by atoms with Gasteiger partial charge in [-0.1, -0.05) is 25.1 Å². The molecule has 20 heavy (non-hydrogen) atoms. The molecule has 1 heterocycles. The van der Waals surface area contributed by atoms with E-state index in [2.05, 4.69) is 60.4 Å². The molecule has 0 radical (unpaired) electrons. The lowest BCUT2D eigenvalue weighted by atomic mass is 10.2. The Labute approximate surface area is 121 Å². The third-order valence-corrected chi connectivity index (χ3v) is 3.45. The lowest BCUT2D eigenvalue weighted by Gasteiger charge is -2.20. The normalized spacial score (nSPS) is 12.2. The van der Waals surface area contributed by atoms with Crippen LogP contribution in [0.1, 0.15) is 32.0 Å². The van der Waals surface area contributed by atoms with E-state index < -0.39 is 0 Å². The summed E-state index contributed by atoms with van der Waals surface area (Å²) in [5.74, 6) is 0. The van der Waals surface area contributed by atoms with E-state index in [0.29, 0.717) is 6.04 Å². The fraction of sp³-hybridized carbons (Fsp3) is 0.353. The molecule has 1 aromatic carbocycles. The molecule has 3 nitrogen and oxygen atoms in total. The lowest BCUT2D eigenvalue weighted by molar-refractivity contribution is 0.558. The van der Waals surface area contributed by atoms with Crippen molar-refractivity contribution in [1.82, 2.24) is 10.3 Å². The smallest absolute Gasteiger partial charge is 0.0594 e. The van der Waals surface area contributed by atoms with E-state index in [4.69, 9.17) is 0 Å². The molecule has 1 aromatic heterocycles. The number of aromatic nitrogens is 1. The summed E-state index contributed by atoms with van der Waals surface area (Å²) in [6.45, 7) is 5.35. The maximum absolute atomic E-state index is 4.57. The molecular formula is C17H23N3. The van der Waals surface area contributed by atoms with Crippen LogP contribution in [0.5, 0.6) is 0 Å². The average Bonchev–Trinajstić information content (AvgIpc) is 2.53. The highest BCUT2D eigenvalue weighted by Gasteiger charge is 2.07. The van der Waals surface area contributed by atoms with Crippen molar-refractivity contribution in [2.75, 3.05) is 18.5 Å². The predicted molar refractivity (Wildman–Crippen MR) is 85.5 cm³/mol. The van der Waals surface area contributed by atoms with E-state index in [1.54, 1.807) is 0 Å². The Balaban J connectivity index is 2.08. The molecular weight excluding hydrogens is 246 g/mol. The molecule has 2 aromatic rings. The standard InChI is InChI=1S/C17H23N3/c1-4-12-18-14(2)17-11-10-16(13-19-17)20(3)15-8-6-5-7-9-15/h5-11,13-14,18H,4,12H2,1-3H3. The highest BCUT2D eigenvalue weighted by Crippen LogP contribution is 2.23. The summed E-state index contributed by atoms with van der Waals surface area (Å²) >= 11 is 0. The van der Waals surface area contributed by atoms with Crippen molar-refractivity contribution < 1.29 is 0 Å². The van der Waals surface area contributed by atoms with Crippen LogP contribution in [0, 0.1) is 0 Å². The Bertz CT molecular complexity index is 508. The molecule has 0 saturated heterocycles. The summed E-state index contributed by atoms with van der Waals surface area (Å²) in [5.41, 5.74) is 3.35. The number of nitrogens with one attached hydrogen (secondary N) is 1. The second-order valence-corrected chi connectivity index (χ2v) is 5.01. The monoisotopic (exact) mass is 269 g/mol. The zero-order valence-corrected chi connectivity index (χ0v) is 12.5. The van der Waals surface area contributed by atoms with Gasteiger partial charge in [0.25, 0.3) is 0 Å². The molecule has 106 valence electrons. The van der Waals surface area contributed by atoms with Crippen LogP contribution in [0.25, 0.3) is 0 Å². The van der Waals surface area contributed by atoms with Crippen molar-refractivity contribution in [1.29, 1.82) is 0 Å². The van der Waals surface area contributed by atoms with Gasteiger partial charge in [-0.05, 0) is 44.2 Å². The van der Waals surface area contributed by atoms with Crippen LogP contribution in [0.15, 0.2) is 48.7 Å². The number of hydrogen-bond donors (Lipinski definition) is 1. The summed E-state index contributed by atoms with van der Waals surface area (Å²) in [4.78, 5) is 6.71. The van der Waals surface area contributed by atoms with Crippen LogP contribution >= 0.6 is 0 Å². The third kappa shape index (κ3) is 3.58. The van der Waals surface area contributed by atoms with Crippen LogP contribution in [0.2, 0.25) is 0 Å². The molecule has 0 amide bonds. The van der Waals surface area contributed by atoms with E-state index in [9.17, 15) is 0 Å². The van der Waals surface area contributed by atoms with Gasteiger partial charge in [-0.25, -0.2) is 0 Å². The second-order valence-electron chi connectivity index (χ2n) is 5.01. The van der Waals surface area contributed by atoms with Gasteiger partial charge in [-0.3, -0.25) is 4.98 Å². The first-order valence-corrected chi connectivity index (χ1v) is 7.20. The zero-order chi connectivity index (χ0) is 14.4. The third-order valence-electron chi connectivity index (χ3n) is 3.45. The number of rotatable bonds is 6. The molecule has 1 N–H and O–H groups in total. The Morgan fingerprint density at radius 1 is 1.10 bits per heavy atom. The van der Waals surface area contributed by atoms with Crippen LogP contribution in [-0.2, 0) is 0 Å². The molecule has 0 bridgehead atoms. The Hall–Kier alpha value is -1.87. The minimum absolute atomic E-state index is 0.297. The molecule has 0 aliphatic rings. The topological polar surface area (TPSA) is 28.2 Å². The van der Waals surface area contributed by atoms with E-state index in [1.165, 1.54) is 5.69 Å². The average molecular weight is 269 g/mol. The molecule has 0 aliphatic carbocycles. The SMILES string of the molecule is CCCNC(C)c1ccc(N(C)c2ccccc2)cn1. The van der Waals surface area contributed by atoms with Crippen LogP contribution in [-0.4, -0.2) is 18.6 Å². The minimum Gasteiger partial charge on any atom is -0.343 e. The van der Waals surface area contributed by atoms with Crippen LogP contribution in [0.4, 0.5) is 11.4 Å². The molecule has 0 saturated carbocycles. The largest absolute Gasteiger partial charge is 0.343 e. The van der Waals surface area contributed by atoms with Gasteiger partial charge in [0.05, 0.1) is 17.6 Å². The van der Waals surface area contributed by atoms with Gasteiger partial charge in [0.1, 0.15) is 0 Å². The van der Waals surface area contributed by atoms with Crippen LogP contribution < -0.4 is 10.2 Å². The quantitative estimate of drug-likeness (QED) is 0.861. The summed E-state index contributed by atoms with van der Waals surface area (Å²) in [7, 11) is 2.06. The maximum atomic E-state index is 4.57. The van der Waals surface area contributed by atoms with E-state index >= 15 is 0 Å². The molecule has 3 heteroatoms. The van der Waals surface area contributed by atoms with Gasteiger partial charge in [-0.15, -0.1) is 0 Å². The number of para-hydroxylation sites is 1. The lowest BCUT2D eigenvalue weighted by Crippen LogP contribution is -2.20. The second kappa shape index (κ2) is 7.06. The maximum Gasteiger partial charge on any atom is 0.0594 e. The van der Waals surface area contributed by atoms with Crippen molar-refractivity contribution in [3.63, 3.8) is 0 Å². The van der Waals surface area contributed by atoms with Crippen molar-refractivity contribution >= 4 is 11.4 Å². The molecule has 1 unspecified atom stereocenters. The first-order chi connectivity index (χ1) is 9.72. The molecule has 2 rings (SSSR count). The number of nitrogens with zero attached hydrogens (tertiary/aromatic N) is 2. The van der Waals surface area contributed by atoms with Gasteiger partial charge < -0.3 is 10.2 Å². The number of hydrogen-bond acceptors (Lipinski definition) is 3. The van der Waals surface area contributed by atoms with E-state index in [1.807, 2.05) is 24.4 Å². The summed E-state index contributed by atoms with van der Waals surface area (Å²) in [5, 5.41) is 3.45. The number of pyridine rings is 1. The highest BCUT2D eigenvalue weighted by atomic mass is 15.1. The summed E-state index contributed by atoms with van der Waals surface area (Å²) < 4.78 is 0. The van der Waals surface area contributed by atoms with Crippen molar-refractivity contribution in [3.8, 4) is 0 Å². The van der Waals surface area contributed by atoms with E-state index in [-0.39, 0.29) is 0 Å². The van der Waals surface area contributed by atoms with Gasteiger partial charge in [0, 0.05) is 18.8 Å². The summed E-state index contributed by atoms with van der Waals surface area (Å²) in [6.07, 6.45) is 3.08. The summed E-state index contributed by atoms with van der Waals surface area (Å²) in [6, 6.07) is 14.8. The first kappa shape index (κ1) is 14.5. The van der Waals surface area contributed by atoms with Gasteiger partial charge >= 0.3 is 0 Å². The Kier molecular flexibility index (Phi) is 5.13. The Morgan fingerprint density at radius 2 is 1.85 bits per heavy atom. The fourth-order valence-corrected chi connectivity index (χ4v) is 2.12. The van der Waals surface area contributed by atoms with Gasteiger partial charge in [0.2, 0.25) is 0 Å². The number of anilines is 2. The Morgan fingerprint density at radius 3 is 2.45 bits per heavy atom. The fourth-order valence-electron chi connectivity index (χ4n) is 2.12. The highest BCUT2D eigenvalue weighted by molar-refractivity contribution is 5.61. The van der Waals surface area contributed by atoms with Gasteiger partial charge in [-0.2, -0.15) is 0 Å². The van der Waals surface area contributed by atoms with Crippen molar-refractivity contribution in [2.24, 2.45) is 0 Å². The van der Waals surface area contributed by atoms with Crippen LogP contribution in [0.3, 0.4) is 0 Å². The molecule has 0 aliphatic heterocycles. The predicted octanol–water partition coefficient (Wildman–Crippen LogP) is 3.91.